The first-order chi connectivity index (χ1) is 10.3. The average Bonchev–Trinajstić information content (AvgIpc) is 3.03. The summed E-state index contributed by atoms with van der Waals surface area (Å²) in [6.07, 6.45) is 3.04. The van der Waals surface area contributed by atoms with Crippen LogP contribution in [0.3, 0.4) is 0 Å². The van der Waals surface area contributed by atoms with Crippen molar-refractivity contribution in [2.75, 3.05) is 32.8 Å². The molecule has 1 saturated heterocycles. The van der Waals surface area contributed by atoms with Crippen LogP contribution >= 0.6 is 0 Å². The highest BCUT2D eigenvalue weighted by molar-refractivity contribution is 5.73. The molecule has 1 unspecified atom stereocenters. The van der Waals surface area contributed by atoms with Crippen LogP contribution in [0.1, 0.15) is 30.9 Å². The fraction of sp³-hybridized carbons (Fsp3) is 0.562. The van der Waals surface area contributed by atoms with Gasteiger partial charge in [0.15, 0.2) is 0 Å². The predicted molar refractivity (Wildman–Crippen MR) is 83.1 cm³/mol. The molecular weight excluding hydrogens is 266 g/mol. The van der Waals surface area contributed by atoms with E-state index in [-0.39, 0.29) is 18.7 Å². The summed E-state index contributed by atoms with van der Waals surface area (Å²) in [7, 11) is 0. The van der Waals surface area contributed by atoms with Gasteiger partial charge in [-0.1, -0.05) is 30.3 Å². The lowest BCUT2D eigenvalue weighted by atomic mass is 10.1. The van der Waals surface area contributed by atoms with E-state index in [0.29, 0.717) is 19.5 Å². The molecule has 1 heterocycles. The zero-order valence-electron chi connectivity index (χ0n) is 12.4. The monoisotopic (exact) mass is 291 g/mol. The van der Waals surface area contributed by atoms with Gasteiger partial charge in [0.1, 0.15) is 0 Å². The summed E-state index contributed by atoms with van der Waals surface area (Å²) in [6.45, 7) is 3.39. The minimum absolute atomic E-state index is 0.0979. The van der Waals surface area contributed by atoms with Gasteiger partial charge in [-0.15, -0.1) is 0 Å². The fourth-order valence-electron chi connectivity index (χ4n) is 2.72. The van der Waals surface area contributed by atoms with E-state index in [1.165, 1.54) is 18.4 Å². The second-order valence-corrected chi connectivity index (χ2v) is 5.38. The first kappa shape index (κ1) is 15.8. The molecule has 0 radical (unpaired) electrons. The number of hydrogen-bond donors (Lipinski definition) is 3. The minimum Gasteiger partial charge on any atom is -0.396 e. The van der Waals surface area contributed by atoms with Crippen LogP contribution in [-0.2, 0) is 0 Å². The molecule has 0 bridgehead atoms. The molecule has 0 saturated carbocycles. The van der Waals surface area contributed by atoms with Gasteiger partial charge in [-0.05, 0) is 37.9 Å². The number of hydrogen-bond acceptors (Lipinski definition) is 3. The summed E-state index contributed by atoms with van der Waals surface area (Å²) in [5.74, 6) is 0. The quantitative estimate of drug-likeness (QED) is 0.667. The predicted octanol–water partition coefficient (Wildman–Crippen LogP) is 1.51. The number of rotatable bonds is 7. The molecule has 0 spiro atoms. The van der Waals surface area contributed by atoms with Crippen LogP contribution < -0.4 is 10.6 Å². The van der Waals surface area contributed by atoms with E-state index >= 15 is 0 Å². The zero-order chi connectivity index (χ0) is 14.9. The van der Waals surface area contributed by atoms with Gasteiger partial charge in [0.25, 0.3) is 0 Å². The summed E-state index contributed by atoms with van der Waals surface area (Å²) >= 11 is 0. The Hall–Kier alpha value is -1.59. The van der Waals surface area contributed by atoms with Crippen LogP contribution in [0.15, 0.2) is 30.3 Å². The summed E-state index contributed by atoms with van der Waals surface area (Å²) in [5.41, 5.74) is 1.25. The lowest BCUT2D eigenvalue weighted by Crippen LogP contribution is -2.42. The van der Waals surface area contributed by atoms with Crippen LogP contribution in [-0.4, -0.2) is 48.8 Å². The van der Waals surface area contributed by atoms with Gasteiger partial charge in [0, 0.05) is 19.7 Å². The molecule has 1 aromatic rings. The Morgan fingerprint density at radius 2 is 1.90 bits per heavy atom. The highest BCUT2D eigenvalue weighted by atomic mass is 16.3. The van der Waals surface area contributed by atoms with Crippen LogP contribution in [0.25, 0.3) is 0 Å². The van der Waals surface area contributed by atoms with Crippen molar-refractivity contribution in [1.29, 1.82) is 0 Å². The molecule has 2 amide bonds. The lowest BCUT2D eigenvalue weighted by molar-refractivity contribution is 0.219. The average molecular weight is 291 g/mol. The van der Waals surface area contributed by atoms with Crippen molar-refractivity contribution < 1.29 is 9.90 Å². The molecule has 2 rings (SSSR count). The van der Waals surface area contributed by atoms with Gasteiger partial charge < -0.3 is 15.7 Å². The number of carbonyl (C=O) groups is 1. The third-order valence-corrected chi connectivity index (χ3v) is 3.84. The molecule has 3 N–H and O–H groups in total. The fourth-order valence-corrected chi connectivity index (χ4v) is 2.72. The normalized spacial score (nSPS) is 16.6. The Labute approximate surface area is 126 Å². The van der Waals surface area contributed by atoms with Gasteiger partial charge in [-0.25, -0.2) is 4.79 Å². The topological polar surface area (TPSA) is 64.6 Å². The van der Waals surface area contributed by atoms with Gasteiger partial charge >= 0.3 is 6.03 Å². The zero-order valence-corrected chi connectivity index (χ0v) is 12.4. The van der Waals surface area contributed by atoms with Crippen LogP contribution in [0.5, 0.6) is 0 Å². The Morgan fingerprint density at radius 1 is 1.19 bits per heavy atom. The minimum atomic E-state index is -0.163. The number of nitrogens with one attached hydrogen (secondary N) is 2. The second-order valence-electron chi connectivity index (χ2n) is 5.38. The van der Waals surface area contributed by atoms with E-state index < -0.39 is 0 Å². The van der Waals surface area contributed by atoms with E-state index in [1.54, 1.807) is 0 Å². The van der Waals surface area contributed by atoms with Crippen LogP contribution in [0.2, 0.25) is 0 Å². The maximum Gasteiger partial charge on any atom is 0.314 e. The number of nitrogens with zero attached hydrogens (tertiary/aromatic N) is 1. The molecular formula is C16H25N3O2. The highest BCUT2D eigenvalue weighted by Crippen LogP contribution is 2.24. The molecule has 5 heteroatoms. The summed E-state index contributed by atoms with van der Waals surface area (Å²) in [4.78, 5) is 14.2. The summed E-state index contributed by atoms with van der Waals surface area (Å²) < 4.78 is 0. The van der Waals surface area contributed by atoms with Gasteiger partial charge in [-0.3, -0.25) is 4.90 Å². The summed E-state index contributed by atoms with van der Waals surface area (Å²) in [5, 5.41) is 14.4. The Morgan fingerprint density at radius 3 is 2.57 bits per heavy atom. The number of benzene rings is 1. The van der Waals surface area contributed by atoms with Crippen molar-refractivity contribution in [3.63, 3.8) is 0 Å². The summed E-state index contributed by atoms with van der Waals surface area (Å²) in [6, 6.07) is 10.4. The molecule has 0 aliphatic carbocycles. The molecule has 1 aliphatic heterocycles. The molecule has 1 fully saturated rings. The van der Waals surface area contributed by atoms with Crippen molar-refractivity contribution >= 4 is 6.03 Å². The molecule has 116 valence electrons. The van der Waals surface area contributed by atoms with Crippen molar-refractivity contribution in [2.24, 2.45) is 0 Å². The first-order valence-corrected chi connectivity index (χ1v) is 7.73. The van der Waals surface area contributed by atoms with E-state index in [0.717, 1.165) is 13.1 Å². The Bertz CT molecular complexity index is 419. The number of carbonyl (C=O) groups excluding carboxylic acids is 1. The van der Waals surface area contributed by atoms with Gasteiger partial charge in [0.2, 0.25) is 0 Å². The lowest BCUT2D eigenvalue weighted by Gasteiger charge is -2.28. The molecule has 0 aromatic heterocycles. The Balaban J connectivity index is 1.89. The van der Waals surface area contributed by atoms with Gasteiger partial charge in [-0.2, -0.15) is 0 Å². The second kappa shape index (κ2) is 8.64. The molecule has 1 aliphatic rings. The molecule has 1 aromatic carbocycles. The Kier molecular flexibility index (Phi) is 6.50. The number of aliphatic hydroxyl groups is 1. The number of urea groups is 1. The van der Waals surface area contributed by atoms with E-state index in [1.807, 2.05) is 18.2 Å². The third kappa shape index (κ3) is 5.02. The van der Waals surface area contributed by atoms with Crippen LogP contribution in [0.4, 0.5) is 4.79 Å². The number of likely N-dealkylation sites (tertiary alicyclic amines) is 1. The molecule has 5 nitrogen and oxygen atoms in total. The van der Waals surface area contributed by atoms with E-state index in [4.69, 9.17) is 5.11 Å². The van der Waals surface area contributed by atoms with Crippen LogP contribution in [0, 0.1) is 0 Å². The maximum atomic E-state index is 11.7. The molecule has 1 atom stereocenters. The van der Waals surface area contributed by atoms with E-state index in [2.05, 4.69) is 27.7 Å². The standard InChI is InChI=1S/C16H25N3O2/c20-12-6-9-17-16(21)18-13-15(19-10-4-5-11-19)14-7-2-1-3-8-14/h1-3,7-8,15,20H,4-6,9-13H2,(H2,17,18,21). The van der Waals surface area contributed by atoms with E-state index in [9.17, 15) is 4.79 Å². The highest BCUT2D eigenvalue weighted by Gasteiger charge is 2.23. The SMILES string of the molecule is O=C(NCCCO)NCC(c1ccccc1)N1CCCC1. The number of amides is 2. The smallest absolute Gasteiger partial charge is 0.314 e. The molecule has 21 heavy (non-hydrogen) atoms. The van der Waals surface area contributed by atoms with Gasteiger partial charge in [0.05, 0.1) is 6.04 Å². The van der Waals surface area contributed by atoms with Crippen molar-refractivity contribution in [2.45, 2.75) is 25.3 Å². The largest absolute Gasteiger partial charge is 0.396 e. The number of aliphatic hydroxyl groups excluding tert-OH is 1. The third-order valence-electron chi connectivity index (χ3n) is 3.84. The van der Waals surface area contributed by atoms with Crippen molar-refractivity contribution in [3.05, 3.63) is 35.9 Å². The van der Waals surface area contributed by atoms with Crippen molar-refractivity contribution in [1.82, 2.24) is 15.5 Å². The first-order valence-electron chi connectivity index (χ1n) is 7.73. The maximum absolute atomic E-state index is 11.7. The van der Waals surface area contributed by atoms with Crippen molar-refractivity contribution in [3.8, 4) is 0 Å².